The molecule has 0 saturated heterocycles. The molecule has 22 heavy (non-hydrogen) atoms. The number of halogens is 1. The van der Waals surface area contributed by atoms with Gasteiger partial charge in [-0.05, 0) is 44.9 Å². The third kappa shape index (κ3) is 5.47. The maximum absolute atomic E-state index is 13.0. The molecule has 0 aliphatic rings. The van der Waals surface area contributed by atoms with E-state index >= 15 is 0 Å². The summed E-state index contributed by atoms with van der Waals surface area (Å²) in [5, 5.41) is 2.82. The summed E-state index contributed by atoms with van der Waals surface area (Å²) < 4.78 is 13.0. The fourth-order valence-corrected chi connectivity index (χ4v) is 2.13. The van der Waals surface area contributed by atoms with Gasteiger partial charge in [0.2, 0.25) is 11.8 Å². The fraction of sp³-hybridized carbons (Fsp3) is 0.529. The van der Waals surface area contributed by atoms with Gasteiger partial charge in [0.15, 0.2) is 0 Å². The molecule has 122 valence electrons. The van der Waals surface area contributed by atoms with Crippen LogP contribution in [0.15, 0.2) is 24.3 Å². The first-order valence-corrected chi connectivity index (χ1v) is 7.69. The van der Waals surface area contributed by atoms with Crippen LogP contribution in [0.4, 0.5) is 4.39 Å². The third-order valence-electron chi connectivity index (χ3n) is 3.33. The molecular weight excluding hydrogens is 283 g/mol. The molecule has 0 radical (unpaired) electrons. The Hall–Kier alpha value is -1.91. The van der Waals surface area contributed by atoms with Gasteiger partial charge < -0.3 is 10.2 Å². The number of carbonyl (C=O) groups is 2. The third-order valence-corrected chi connectivity index (χ3v) is 3.33. The summed E-state index contributed by atoms with van der Waals surface area (Å²) in [5.74, 6) is -0.569. The number of amides is 2. The predicted octanol–water partition coefficient (Wildman–Crippen LogP) is 2.87. The summed E-state index contributed by atoms with van der Waals surface area (Å²) >= 11 is 0. The van der Waals surface area contributed by atoms with Gasteiger partial charge in [0.1, 0.15) is 11.9 Å². The number of hydrogen-bond acceptors (Lipinski definition) is 2. The Labute approximate surface area is 131 Å². The van der Waals surface area contributed by atoms with Crippen molar-refractivity contribution in [2.75, 3.05) is 0 Å². The maximum atomic E-state index is 13.0. The molecule has 1 aromatic carbocycles. The lowest BCUT2D eigenvalue weighted by Crippen LogP contribution is -2.49. The topological polar surface area (TPSA) is 49.4 Å². The van der Waals surface area contributed by atoms with Crippen LogP contribution in [0.25, 0.3) is 0 Å². The van der Waals surface area contributed by atoms with Crippen LogP contribution < -0.4 is 5.32 Å². The normalized spacial score (nSPS) is 12.1. The van der Waals surface area contributed by atoms with E-state index in [9.17, 15) is 14.0 Å². The van der Waals surface area contributed by atoms with Gasteiger partial charge in [-0.1, -0.05) is 19.1 Å². The van der Waals surface area contributed by atoms with E-state index in [-0.39, 0.29) is 23.7 Å². The summed E-state index contributed by atoms with van der Waals surface area (Å²) in [5.41, 5.74) is 0.801. The monoisotopic (exact) mass is 308 g/mol. The first-order chi connectivity index (χ1) is 10.3. The molecule has 0 heterocycles. The largest absolute Gasteiger partial charge is 0.352 e. The summed E-state index contributed by atoms with van der Waals surface area (Å²) in [6.07, 6.45) is 1.11. The molecule has 2 amide bonds. The van der Waals surface area contributed by atoms with Crippen molar-refractivity contribution in [1.29, 1.82) is 0 Å². The minimum absolute atomic E-state index is 0.0175. The lowest BCUT2D eigenvalue weighted by Gasteiger charge is -2.29. The average Bonchev–Trinajstić information content (AvgIpc) is 2.45. The Morgan fingerprint density at radius 1 is 1.18 bits per heavy atom. The smallest absolute Gasteiger partial charge is 0.242 e. The Bertz CT molecular complexity index is 500. The summed E-state index contributed by atoms with van der Waals surface area (Å²) in [7, 11) is 0. The van der Waals surface area contributed by atoms with E-state index in [1.807, 2.05) is 20.8 Å². The lowest BCUT2D eigenvalue weighted by atomic mass is 10.1. The second-order valence-electron chi connectivity index (χ2n) is 5.74. The first kappa shape index (κ1) is 18.1. The molecule has 0 saturated carbocycles. The van der Waals surface area contributed by atoms with Crippen LogP contribution in [0.1, 0.15) is 46.1 Å². The van der Waals surface area contributed by atoms with E-state index in [1.54, 1.807) is 24.0 Å². The van der Waals surface area contributed by atoms with E-state index in [0.717, 1.165) is 12.0 Å². The molecule has 0 spiro atoms. The van der Waals surface area contributed by atoms with Gasteiger partial charge in [-0.25, -0.2) is 4.39 Å². The number of nitrogens with zero attached hydrogens (tertiary/aromatic N) is 1. The standard InChI is InChI=1S/C17H25FN2O2/c1-5-6-16(21)20(13(4)17(22)19-12(2)3)11-14-7-9-15(18)10-8-14/h7-10,12-13H,5-6,11H2,1-4H3,(H,19,22). The van der Waals surface area contributed by atoms with E-state index < -0.39 is 6.04 Å². The Balaban J connectivity index is 2.89. The van der Waals surface area contributed by atoms with Crippen molar-refractivity contribution in [1.82, 2.24) is 10.2 Å². The zero-order valence-corrected chi connectivity index (χ0v) is 13.7. The first-order valence-electron chi connectivity index (χ1n) is 7.69. The predicted molar refractivity (Wildman–Crippen MR) is 84.6 cm³/mol. The molecule has 1 N–H and O–H groups in total. The van der Waals surface area contributed by atoms with Gasteiger partial charge in [0.05, 0.1) is 0 Å². The van der Waals surface area contributed by atoms with Crippen molar-refractivity contribution in [2.45, 2.75) is 59.2 Å². The van der Waals surface area contributed by atoms with Gasteiger partial charge in [0, 0.05) is 19.0 Å². The van der Waals surface area contributed by atoms with E-state index in [1.165, 1.54) is 12.1 Å². The van der Waals surface area contributed by atoms with Crippen LogP contribution in [0, 0.1) is 5.82 Å². The molecule has 1 atom stereocenters. The minimum atomic E-state index is -0.563. The van der Waals surface area contributed by atoms with Gasteiger partial charge in [-0.2, -0.15) is 0 Å². The van der Waals surface area contributed by atoms with Crippen molar-refractivity contribution in [3.05, 3.63) is 35.6 Å². The quantitative estimate of drug-likeness (QED) is 0.842. The van der Waals surface area contributed by atoms with Crippen molar-refractivity contribution in [3.8, 4) is 0 Å². The summed E-state index contributed by atoms with van der Waals surface area (Å²) in [6, 6.07) is 5.44. The van der Waals surface area contributed by atoms with Gasteiger partial charge in [0.25, 0.3) is 0 Å². The summed E-state index contributed by atoms with van der Waals surface area (Å²) in [6.45, 7) is 7.69. The Kier molecular flexibility index (Phi) is 7.02. The highest BCUT2D eigenvalue weighted by Gasteiger charge is 2.25. The zero-order chi connectivity index (χ0) is 16.7. The Morgan fingerprint density at radius 3 is 2.27 bits per heavy atom. The number of hydrogen-bond donors (Lipinski definition) is 1. The molecular formula is C17H25FN2O2. The number of nitrogens with one attached hydrogen (secondary N) is 1. The highest BCUT2D eigenvalue weighted by atomic mass is 19.1. The molecule has 4 nitrogen and oxygen atoms in total. The molecule has 1 rings (SSSR count). The van der Waals surface area contributed by atoms with Crippen molar-refractivity contribution >= 4 is 11.8 Å². The van der Waals surface area contributed by atoms with Gasteiger partial charge in [-0.3, -0.25) is 9.59 Å². The van der Waals surface area contributed by atoms with Crippen LogP contribution in [0.2, 0.25) is 0 Å². The number of carbonyl (C=O) groups excluding carboxylic acids is 2. The fourth-order valence-electron chi connectivity index (χ4n) is 2.13. The van der Waals surface area contributed by atoms with Gasteiger partial charge in [-0.15, -0.1) is 0 Å². The zero-order valence-electron chi connectivity index (χ0n) is 13.7. The molecule has 0 fully saturated rings. The highest BCUT2D eigenvalue weighted by molar-refractivity contribution is 5.87. The summed E-state index contributed by atoms with van der Waals surface area (Å²) in [4.78, 5) is 26.1. The van der Waals surface area contributed by atoms with Crippen molar-refractivity contribution in [2.24, 2.45) is 0 Å². The Morgan fingerprint density at radius 2 is 1.77 bits per heavy atom. The average molecular weight is 308 g/mol. The van der Waals surface area contributed by atoms with Crippen LogP contribution in [0.5, 0.6) is 0 Å². The molecule has 0 aliphatic heterocycles. The molecule has 1 aromatic rings. The van der Waals surface area contributed by atoms with E-state index in [4.69, 9.17) is 0 Å². The van der Waals surface area contributed by atoms with Crippen molar-refractivity contribution in [3.63, 3.8) is 0 Å². The van der Waals surface area contributed by atoms with Crippen LogP contribution in [-0.2, 0) is 16.1 Å². The number of benzene rings is 1. The van der Waals surface area contributed by atoms with Crippen LogP contribution in [0.3, 0.4) is 0 Å². The highest BCUT2D eigenvalue weighted by Crippen LogP contribution is 2.12. The molecule has 0 bridgehead atoms. The lowest BCUT2D eigenvalue weighted by molar-refractivity contribution is -0.140. The second-order valence-corrected chi connectivity index (χ2v) is 5.74. The second kappa shape index (κ2) is 8.51. The number of rotatable bonds is 7. The van der Waals surface area contributed by atoms with E-state index in [2.05, 4.69) is 5.32 Å². The van der Waals surface area contributed by atoms with Crippen molar-refractivity contribution < 1.29 is 14.0 Å². The molecule has 0 aliphatic carbocycles. The molecule has 0 aromatic heterocycles. The molecule has 1 unspecified atom stereocenters. The maximum Gasteiger partial charge on any atom is 0.242 e. The van der Waals surface area contributed by atoms with Gasteiger partial charge >= 0.3 is 0 Å². The SMILES string of the molecule is CCCC(=O)N(Cc1ccc(F)cc1)C(C)C(=O)NC(C)C. The minimum Gasteiger partial charge on any atom is -0.352 e. The van der Waals surface area contributed by atoms with Crippen LogP contribution in [-0.4, -0.2) is 28.8 Å². The molecule has 5 heteroatoms. The van der Waals surface area contributed by atoms with Crippen LogP contribution >= 0.6 is 0 Å². The van der Waals surface area contributed by atoms with E-state index in [0.29, 0.717) is 13.0 Å².